The van der Waals surface area contributed by atoms with E-state index in [4.69, 9.17) is 5.11 Å². The summed E-state index contributed by atoms with van der Waals surface area (Å²) in [6, 6.07) is 3.79. The number of benzene rings is 1. The number of hydrogen-bond acceptors (Lipinski definition) is 3. The fourth-order valence-corrected chi connectivity index (χ4v) is 2.60. The molecule has 8 heteroatoms. The molecule has 3 N–H and O–H groups in total. The fraction of sp³-hybridized carbons (Fsp3) is 0.471. The number of carboxylic acid groups (broad SMARTS) is 1. The molecule has 138 valence electrons. The Bertz CT molecular complexity index is 650. The zero-order valence-electron chi connectivity index (χ0n) is 13.7. The Hall–Kier alpha value is -1.56. The molecule has 1 aromatic carbocycles. The van der Waals surface area contributed by atoms with Crippen molar-refractivity contribution < 1.29 is 28.2 Å². The Morgan fingerprint density at radius 3 is 2.24 bits per heavy atom. The lowest BCUT2D eigenvalue weighted by atomic mass is 9.87. The van der Waals surface area contributed by atoms with Crippen molar-refractivity contribution in [2.45, 2.75) is 38.0 Å². The number of aliphatic carboxylic acids is 1. The van der Waals surface area contributed by atoms with Gasteiger partial charge in [-0.3, -0.25) is 10.1 Å². The van der Waals surface area contributed by atoms with Gasteiger partial charge in [-0.1, -0.05) is 53.8 Å². The van der Waals surface area contributed by atoms with Crippen molar-refractivity contribution in [2.24, 2.45) is 5.92 Å². The second-order valence-corrected chi connectivity index (χ2v) is 6.79. The van der Waals surface area contributed by atoms with E-state index in [2.05, 4.69) is 21.2 Å². The van der Waals surface area contributed by atoms with E-state index in [9.17, 15) is 23.1 Å². The van der Waals surface area contributed by atoms with Gasteiger partial charge in [0.1, 0.15) is 12.6 Å². The summed E-state index contributed by atoms with van der Waals surface area (Å²) in [4.78, 5) is 11.5. The second-order valence-electron chi connectivity index (χ2n) is 5.88. The van der Waals surface area contributed by atoms with Crippen molar-refractivity contribution in [3.63, 3.8) is 0 Å². The molecule has 25 heavy (non-hydrogen) atoms. The van der Waals surface area contributed by atoms with Gasteiger partial charge in [0, 0.05) is 4.47 Å². The lowest BCUT2D eigenvalue weighted by Gasteiger charge is -2.35. The summed E-state index contributed by atoms with van der Waals surface area (Å²) in [5.74, 6) is 2.49. The van der Waals surface area contributed by atoms with Crippen molar-refractivity contribution in [3.05, 3.63) is 34.3 Å². The predicted octanol–water partition coefficient (Wildman–Crippen LogP) is 3.29. The predicted molar refractivity (Wildman–Crippen MR) is 90.8 cm³/mol. The van der Waals surface area contributed by atoms with E-state index in [1.165, 1.54) is 24.3 Å². The third-order valence-electron chi connectivity index (χ3n) is 3.45. The lowest BCUT2D eigenvalue weighted by molar-refractivity contribution is -0.186. The minimum absolute atomic E-state index is 0.00943. The highest BCUT2D eigenvalue weighted by Crippen LogP contribution is 2.40. The number of halogens is 4. The number of aliphatic hydroxyl groups is 1. The zero-order valence-corrected chi connectivity index (χ0v) is 15.3. The first-order valence-electron chi connectivity index (χ1n) is 7.47. The van der Waals surface area contributed by atoms with E-state index in [1.807, 2.05) is 11.8 Å². The number of alkyl halides is 3. The van der Waals surface area contributed by atoms with Crippen LogP contribution in [0.25, 0.3) is 0 Å². The summed E-state index contributed by atoms with van der Waals surface area (Å²) in [5.41, 5.74) is -3.16. The van der Waals surface area contributed by atoms with E-state index in [1.54, 1.807) is 13.8 Å². The maximum Gasteiger partial charge on any atom is 0.422 e. The van der Waals surface area contributed by atoms with Gasteiger partial charge in [0.15, 0.2) is 0 Å². The van der Waals surface area contributed by atoms with Gasteiger partial charge in [-0.2, -0.15) is 13.2 Å². The van der Waals surface area contributed by atoms with Crippen LogP contribution in [0.3, 0.4) is 0 Å². The molecule has 0 spiro atoms. The normalized spacial score (nSPS) is 15.2. The van der Waals surface area contributed by atoms with Crippen LogP contribution < -0.4 is 5.32 Å². The molecule has 1 rings (SSSR count). The van der Waals surface area contributed by atoms with Gasteiger partial charge in [0.05, 0.1) is 0 Å². The smallest absolute Gasteiger partial charge is 0.422 e. The zero-order chi connectivity index (χ0) is 19.3. The first kappa shape index (κ1) is 21.5. The average Bonchev–Trinajstić information content (AvgIpc) is 2.49. The first-order valence-corrected chi connectivity index (χ1v) is 8.27. The van der Waals surface area contributed by atoms with Crippen LogP contribution in [0.15, 0.2) is 28.7 Å². The Kier molecular flexibility index (Phi) is 7.47. The fourth-order valence-electron chi connectivity index (χ4n) is 2.33. The molecular weight excluding hydrogens is 403 g/mol. The average molecular weight is 422 g/mol. The van der Waals surface area contributed by atoms with Crippen LogP contribution in [0.2, 0.25) is 0 Å². The summed E-state index contributed by atoms with van der Waals surface area (Å²) in [6.45, 7) is 2.65. The topological polar surface area (TPSA) is 69.6 Å². The minimum Gasteiger partial charge on any atom is -0.480 e. The molecule has 4 nitrogen and oxygen atoms in total. The molecule has 0 aliphatic rings. The van der Waals surface area contributed by atoms with Crippen molar-refractivity contribution in [1.82, 2.24) is 5.32 Å². The number of carbonyl (C=O) groups is 1. The monoisotopic (exact) mass is 421 g/mol. The Labute approximate surface area is 152 Å². The first-order chi connectivity index (χ1) is 11.5. The third kappa shape index (κ3) is 5.46. The summed E-state index contributed by atoms with van der Waals surface area (Å²) in [7, 11) is 0. The standard InChI is InChI=1S/C17H19BrF3NO3/c1-11(2)10-14(15(24)25)22-16(8-3-9-23,17(19,20)21)12-4-6-13(18)7-5-12/h4-7,11,14,22-23H,9-10H2,1-2H3,(H,24,25)/t14-,16-/m0/s1. The number of carboxylic acids is 1. The second kappa shape index (κ2) is 8.70. The SMILES string of the molecule is CC(C)C[C@H](N[C@@](C#CCO)(c1ccc(Br)cc1)C(F)(F)F)C(=O)O. The van der Waals surface area contributed by atoms with E-state index < -0.39 is 30.3 Å². The molecule has 0 radical (unpaired) electrons. The molecule has 0 aliphatic heterocycles. The quantitative estimate of drug-likeness (QED) is 0.616. The molecule has 0 heterocycles. The van der Waals surface area contributed by atoms with Crippen LogP contribution in [0.5, 0.6) is 0 Å². The molecule has 0 saturated heterocycles. The number of rotatable bonds is 6. The molecule has 2 atom stereocenters. The van der Waals surface area contributed by atoms with E-state index >= 15 is 0 Å². The van der Waals surface area contributed by atoms with E-state index in [-0.39, 0.29) is 17.9 Å². The highest BCUT2D eigenvalue weighted by atomic mass is 79.9. The van der Waals surface area contributed by atoms with Gasteiger partial charge in [-0.05, 0) is 30.0 Å². The molecule has 1 aromatic rings. The van der Waals surface area contributed by atoms with Gasteiger partial charge in [-0.25, -0.2) is 0 Å². The summed E-state index contributed by atoms with van der Waals surface area (Å²) in [6.07, 6.45) is -4.92. The number of nitrogens with one attached hydrogen (secondary N) is 1. The van der Waals surface area contributed by atoms with Gasteiger partial charge in [0.25, 0.3) is 0 Å². The van der Waals surface area contributed by atoms with Crippen molar-refractivity contribution in [3.8, 4) is 11.8 Å². The largest absolute Gasteiger partial charge is 0.480 e. The highest BCUT2D eigenvalue weighted by Gasteiger charge is 2.56. The van der Waals surface area contributed by atoms with Crippen molar-refractivity contribution in [2.75, 3.05) is 6.61 Å². The summed E-state index contributed by atoms with van der Waals surface area (Å²) < 4.78 is 42.6. The van der Waals surface area contributed by atoms with Gasteiger partial charge >= 0.3 is 12.1 Å². The third-order valence-corrected chi connectivity index (χ3v) is 3.98. The minimum atomic E-state index is -4.91. The molecule has 0 unspecified atom stereocenters. The van der Waals surface area contributed by atoms with Crippen LogP contribution in [0.1, 0.15) is 25.8 Å². The summed E-state index contributed by atoms with van der Waals surface area (Å²) >= 11 is 3.15. The van der Waals surface area contributed by atoms with E-state index in [0.717, 1.165) is 0 Å². The molecule has 0 aromatic heterocycles. The van der Waals surface area contributed by atoms with Crippen molar-refractivity contribution >= 4 is 21.9 Å². The van der Waals surface area contributed by atoms with Gasteiger partial charge in [0.2, 0.25) is 5.54 Å². The highest BCUT2D eigenvalue weighted by molar-refractivity contribution is 9.10. The lowest BCUT2D eigenvalue weighted by Crippen LogP contribution is -2.58. The Morgan fingerprint density at radius 1 is 1.28 bits per heavy atom. The van der Waals surface area contributed by atoms with Crippen LogP contribution >= 0.6 is 15.9 Å². The Balaban J connectivity index is 3.53. The van der Waals surface area contributed by atoms with Gasteiger partial charge < -0.3 is 10.2 Å². The maximum atomic E-state index is 14.0. The molecule has 0 bridgehead atoms. The molecule has 0 aliphatic carbocycles. The molecule has 0 amide bonds. The van der Waals surface area contributed by atoms with E-state index in [0.29, 0.717) is 4.47 Å². The van der Waals surface area contributed by atoms with Crippen LogP contribution in [-0.4, -0.2) is 35.0 Å². The molecule has 0 fully saturated rings. The van der Waals surface area contributed by atoms with Crippen LogP contribution in [0, 0.1) is 17.8 Å². The Morgan fingerprint density at radius 2 is 1.84 bits per heavy atom. The summed E-state index contributed by atoms with van der Waals surface area (Å²) in [5, 5.41) is 20.4. The number of hydrogen-bond donors (Lipinski definition) is 3. The van der Waals surface area contributed by atoms with Crippen LogP contribution in [-0.2, 0) is 10.3 Å². The van der Waals surface area contributed by atoms with Gasteiger partial charge in [-0.15, -0.1) is 0 Å². The molecule has 0 saturated carbocycles. The number of aliphatic hydroxyl groups excluding tert-OH is 1. The maximum absolute atomic E-state index is 14.0. The van der Waals surface area contributed by atoms with Crippen molar-refractivity contribution in [1.29, 1.82) is 0 Å². The van der Waals surface area contributed by atoms with Crippen LogP contribution in [0.4, 0.5) is 13.2 Å². The molecular formula is C17H19BrF3NO3.